The van der Waals surface area contributed by atoms with Crippen LogP contribution in [-0.2, 0) is 9.53 Å². The van der Waals surface area contributed by atoms with Crippen LogP contribution in [0.4, 0.5) is 4.79 Å². The van der Waals surface area contributed by atoms with Gasteiger partial charge in [-0.2, -0.15) is 5.10 Å². The minimum Gasteiger partial charge on any atom is -0.465 e. The summed E-state index contributed by atoms with van der Waals surface area (Å²) in [6.07, 6.45) is 3.25. The van der Waals surface area contributed by atoms with Crippen molar-refractivity contribution < 1.29 is 19.4 Å². The molecule has 0 aromatic rings. The Bertz CT molecular complexity index is 429. The number of hydrogen-bond acceptors (Lipinski definition) is 4. The lowest BCUT2D eigenvalue weighted by Crippen LogP contribution is -2.41. The molecule has 2 aliphatic rings. The van der Waals surface area contributed by atoms with Crippen molar-refractivity contribution in [3.8, 4) is 0 Å². The quantitative estimate of drug-likeness (QED) is 0.820. The molecular formula is C13H21N3O4. The topological polar surface area (TPSA) is 82.4 Å². The van der Waals surface area contributed by atoms with Crippen LogP contribution in [0.3, 0.4) is 0 Å². The van der Waals surface area contributed by atoms with Crippen LogP contribution >= 0.6 is 0 Å². The number of amides is 2. The van der Waals surface area contributed by atoms with Gasteiger partial charge in [-0.1, -0.05) is 12.8 Å². The molecule has 0 aromatic heterocycles. The van der Waals surface area contributed by atoms with E-state index >= 15 is 0 Å². The molecule has 1 aliphatic heterocycles. The summed E-state index contributed by atoms with van der Waals surface area (Å²) in [6.45, 7) is 0.625. The molecule has 1 N–H and O–H groups in total. The molecule has 0 spiro atoms. The number of methoxy groups -OCH3 is 1. The van der Waals surface area contributed by atoms with Gasteiger partial charge >= 0.3 is 6.09 Å². The van der Waals surface area contributed by atoms with E-state index in [1.54, 1.807) is 7.11 Å². The molecule has 0 radical (unpaired) electrons. The van der Waals surface area contributed by atoms with Crippen molar-refractivity contribution in [3.63, 3.8) is 0 Å². The number of carbonyl (C=O) groups is 2. The summed E-state index contributed by atoms with van der Waals surface area (Å²) in [5.41, 5.74) is 0.303. The first kappa shape index (κ1) is 14.8. The molecule has 2 amide bonds. The number of ether oxygens (including phenoxy) is 1. The third-order valence-electron chi connectivity index (χ3n) is 4.04. The van der Waals surface area contributed by atoms with E-state index in [-0.39, 0.29) is 24.5 Å². The second-order valence-electron chi connectivity index (χ2n) is 5.53. The maximum absolute atomic E-state index is 12.0. The van der Waals surface area contributed by atoms with Crippen LogP contribution in [0, 0.1) is 0 Å². The number of rotatable bonds is 5. The molecule has 112 valence electrons. The molecule has 2 rings (SSSR count). The Morgan fingerprint density at radius 1 is 1.50 bits per heavy atom. The smallest absolute Gasteiger partial charge is 0.407 e. The maximum Gasteiger partial charge on any atom is 0.407 e. The lowest BCUT2D eigenvalue weighted by Gasteiger charge is -2.30. The normalized spacial score (nSPS) is 21.2. The second-order valence-corrected chi connectivity index (χ2v) is 5.53. The molecule has 1 aliphatic carbocycles. The highest BCUT2D eigenvalue weighted by Crippen LogP contribution is 2.34. The SMILES string of the molecule is COC1(CN2N=C(CN(C)C(=O)O)CC2=O)CCCC1. The van der Waals surface area contributed by atoms with Crippen molar-refractivity contribution in [2.45, 2.75) is 37.7 Å². The van der Waals surface area contributed by atoms with Gasteiger partial charge in [0.1, 0.15) is 0 Å². The summed E-state index contributed by atoms with van der Waals surface area (Å²) in [4.78, 5) is 23.9. The van der Waals surface area contributed by atoms with Crippen LogP contribution in [-0.4, -0.2) is 65.6 Å². The monoisotopic (exact) mass is 283 g/mol. The zero-order valence-electron chi connectivity index (χ0n) is 12.0. The lowest BCUT2D eigenvalue weighted by atomic mass is 10.0. The molecule has 0 unspecified atom stereocenters. The number of carboxylic acid groups (broad SMARTS) is 1. The molecular weight excluding hydrogens is 262 g/mol. The Morgan fingerprint density at radius 3 is 2.70 bits per heavy atom. The molecule has 0 atom stereocenters. The number of hydrazone groups is 1. The first-order valence-electron chi connectivity index (χ1n) is 6.82. The molecule has 7 heteroatoms. The summed E-state index contributed by atoms with van der Waals surface area (Å²) in [6, 6.07) is 0. The molecule has 1 fully saturated rings. The molecule has 0 saturated heterocycles. The third-order valence-corrected chi connectivity index (χ3v) is 4.04. The third kappa shape index (κ3) is 3.09. The Kier molecular flexibility index (Phi) is 4.27. The largest absolute Gasteiger partial charge is 0.465 e. The number of carbonyl (C=O) groups excluding carboxylic acids is 1. The molecule has 1 saturated carbocycles. The Hall–Kier alpha value is -1.63. The van der Waals surface area contributed by atoms with E-state index < -0.39 is 6.09 Å². The Morgan fingerprint density at radius 2 is 2.15 bits per heavy atom. The maximum atomic E-state index is 12.0. The summed E-state index contributed by atoms with van der Waals surface area (Å²) in [7, 11) is 3.14. The minimum absolute atomic E-state index is 0.0814. The van der Waals surface area contributed by atoms with Gasteiger partial charge in [-0.05, 0) is 12.8 Å². The molecule has 0 bridgehead atoms. The van der Waals surface area contributed by atoms with Crippen molar-refractivity contribution in [2.75, 3.05) is 27.2 Å². The van der Waals surface area contributed by atoms with Gasteiger partial charge in [-0.15, -0.1) is 0 Å². The Balaban J connectivity index is 2.00. The minimum atomic E-state index is -1.03. The Labute approximate surface area is 118 Å². The average molecular weight is 283 g/mol. The number of nitrogens with zero attached hydrogens (tertiary/aromatic N) is 3. The fourth-order valence-electron chi connectivity index (χ4n) is 2.80. The van der Waals surface area contributed by atoms with E-state index in [0.717, 1.165) is 30.6 Å². The van der Waals surface area contributed by atoms with Gasteiger partial charge in [0.2, 0.25) is 5.91 Å². The zero-order valence-corrected chi connectivity index (χ0v) is 12.0. The van der Waals surface area contributed by atoms with Gasteiger partial charge in [0.15, 0.2) is 0 Å². The van der Waals surface area contributed by atoms with Crippen LogP contribution in [0.15, 0.2) is 5.10 Å². The molecule has 20 heavy (non-hydrogen) atoms. The van der Waals surface area contributed by atoms with E-state index in [2.05, 4.69) is 5.10 Å². The fraction of sp³-hybridized carbons (Fsp3) is 0.769. The first-order chi connectivity index (χ1) is 9.46. The highest BCUT2D eigenvalue weighted by atomic mass is 16.5. The van der Waals surface area contributed by atoms with Crippen molar-refractivity contribution in [1.29, 1.82) is 0 Å². The van der Waals surface area contributed by atoms with Gasteiger partial charge in [-0.25, -0.2) is 9.80 Å². The predicted octanol–water partition coefficient (Wildman–Crippen LogP) is 1.14. The van der Waals surface area contributed by atoms with Gasteiger partial charge in [-0.3, -0.25) is 4.79 Å². The van der Waals surface area contributed by atoms with E-state index in [1.165, 1.54) is 12.1 Å². The second kappa shape index (κ2) is 5.78. The van der Waals surface area contributed by atoms with Crippen molar-refractivity contribution >= 4 is 17.7 Å². The molecule has 7 nitrogen and oxygen atoms in total. The highest BCUT2D eigenvalue weighted by Gasteiger charge is 2.38. The van der Waals surface area contributed by atoms with Crippen molar-refractivity contribution in [2.24, 2.45) is 5.10 Å². The molecule has 0 aromatic carbocycles. The fourth-order valence-corrected chi connectivity index (χ4v) is 2.80. The van der Waals surface area contributed by atoms with Crippen molar-refractivity contribution in [3.05, 3.63) is 0 Å². The van der Waals surface area contributed by atoms with Crippen molar-refractivity contribution in [1.82, 2.24) is 9.91 Å². The summed E-state index contributed by atoms with van der Waals surface area (Å²) in [5.74, 6) is -0.0814. The van der Waals surface area contributed by atoms with E-state index in [4.69, 9.17) is 9.84 Å². The molecule has 1 heterocycles. The van der Waals surface area contributed by atoms with E-state index in [0.29, 0.717) is 12.3 Å². The van der Waals surface area contributed by atoms with Crippen LogP contribution in [0.5, 0.6) is 0 Å². The van der Waals surface area contributed by atoms with Gasteiger partial charge in [0, 0.05) is 14.2 Å². The highest BCUT2D eigenvalue weighted by molar-refractivity contribution is 6.06. The van der Waals surface area contributed by atoms with Gasteiger partial charge < -0.3 is 14.7 Å². The van der Waals surface area contributed by atoms with E-state index in [1.807, 2.05) is 0 Å². The average Bonchev–Trinajstić information content (AvgIpc) is 2.98. The van der Waals surface area contributed by atoms with Crippen LogP contribution < -0.4 is 0 Å². The van der Waals surface area contributed by atoms with Gasteiger partial charge in [0.25, 0.3) is 0 Å². The summed E-state index contributed by atoms with van der Waals surface area (Å²) in [5, 5.41) is 14.5. The standard InChI is InChI=1S/C13H21N3O4/c1-15(12(18)19)8-10-7-11(17)16(14-10)9-13(20-2)5-3-4-6-13/h3-9H2,1-2H3,(H,18,19). The lowest BCUT2D eigenvalue weighted by molar-refractivity contribution is -0.133. The van der Waals surface area contributed by atoms with Crippen LogP contribution in [0.25, 0.3) is 0 Å². The number of hydrogen-bond donors (Lipinski definition) is 1. The summed E-state index contributed by atoms with van der Waals surface area (Å²) < 4.78 is 5.60. The summed E-state index contributed by atoms with van der Waals surface area (Å²) >= 11 is 0. The van der Waals surface area contributed by atoms with Crippen LogP contribution in [0.2, 0.25) is 0 Å². The van der Waals surface area contributed by atoms with Gasteiger partial charge in [0.05, 0.1) is 30.8 Å². The first-order valence-corrected chi connectivity index (χ1v) is 6.82. The zero-order chi connectivity index (χ0) is 14.8. The van der Waals surface area contributed by atoms with E-state index in [9.17, 15) is 9.59 Å². The predicted molar refractivity (Wildman–Crippen MR) is 72.6 cm³/mol. The van der Waals surface area contributed by atoms with Crippen LogP contribution in [0.1, 0.15) is 32.1 Å².